The summed E-state index contributed by atoms with van der Waals surface area (Å²) in [6.45, 7) is 5.72. The normalized spacial score (nSPS) is 23.8. The van der Waals surface area contributed by atoms with E-state index in [4.69, 9.17) is 0 Å². The maximum absolute atomic E-state index is 13.8. The van der Waals surface area contributed by atoms with Crippen LogP contribution in [0.25, 0.3) is 10.9 Å². The lowest BCUT2D eigenvalue weighted by atomic mass is 9.86. The first-order valence-corrected chi connectivity index (χ1v) is 11.5. The molecule has 1 aromatic carbocycles. The van der Waals surface area contributed by atoms with Crippen molar-refractivity contribution in [2.75, 3.05) is 19.6 Å². The van der Waals surface area contributed by atoms with Crippen LogP contribution >= 0.6 is 0 Å². The van der Waals surface area contributed by atoms with E-state index in [1.54, 1.807) is 12.3 Å². The van der Waals surface area contributed by atoms with Crippen molar-refractivity contribution in [1.29, 1.82) is 0 Å². The van der Waals surface area contributed by atoms with E-state index in [0.29, 0.717) is 37.9 Å². The third-order valence-corrected chi connectivity index (χ3v) is 7.99. The Kier molecular flexibility index (Phi) is 4.91. The SMILES string of the molecule is CCCN1CCCC2(CCCN2S(=O)(=O)c2cc(C)cc3cccnc23)C1=O. The van der Waals surface area contributed by atoms with Gasteiger partial charge in [-0.05, 0) is 62.8 Å². The number of aryl methyl sites for hydroxylation is 1. The third kappa shape index (κ3) is 2.92. The molecule has 0 radical (unpaired) electrons. The largest absolute Gasteiger partial charge is 0.341 e. The molecule has 2 aromatic rings. The van der Waals surface area contributed by atoms with Gasteiger partial charge >= 0.3 is 0 Å². The van der Waals surface area contributed by atoms with E-state index in [-0.39, 0.29) is 10.8 Å². The second-order valence-electron chi connectivity index (χ2n) is 7.95. The van der Waals surface area contributed by atoms with Gasteiger partial charge in [0.15, 0.2) is 0 Å². The van der Waals surface area contributed by atoms with Crippen molar-refractivity contribution in [2.45, 2.75) is 56.4 Å². The van der Waals surface area contributed by atoms with E-state index in [9.17, 15) is 13.2 Å². The molecule has 2 fully saturated rings. The smallest absolute Gasteiger partial charge is 0.246 e. The zero-order valence-electron chi connectivity index (χ0n) is 16.5. The summed E-state index contributed by atoms with van der Waals surface area (Å²) in [7, 11) is -3.84. The Morgan fingerprint density at radius 2 is 1.93 bits per heavy atom. The van der Waals surface area contributed by atoms with Crippen molar-refractivity contribution in [3.8, 4) is 0 Å². The molecule has 1 atom stereocenters. The van der Waals surface area contributed by atoms with Crippen molar-refractivity contribution >= 4 is 26.8 Å². The van der Waals surface area contributed by atoms with Crippen LogP contribution in [0.3, 0.4) is 0 Å². The first kappa shape index (κ1) is 19.3. The topological polar surface area (TPSA) is 70.6 Å². The Labute approximate surface area is 166 Å². The summed E-state index contributed by atoms with van der Waals surface area (Å²) < 4.78 is 29.1. The van der Waals surface area contributed by atoms with Gasteiger partial charge in [-0.2, -0.15) is 4.31 Å². The van der Waals surface area contributed by atoms with Gasteiger partial charge in [0.05, 0.1) is 5.52 Å². The van der Waals surface area contributed by atoms with Crippen molar-refractivity contribution < 1.29 is 13.2 Å². The molecule has 1 spiro atoms. The zero-order valence-corrected chi connectivity index (χ0v) is 17.3. The van der Waals surface area contributed by atoms with Gasteiger partial charge in [-0.25, -0.2) is 8.42 Å². The van der Waals surface area contributed by atoms with Gasteiger partial charge in [0, 0.05) is 31.2 Å². The molecule has 28 heavy (non-hydrogen) atoms. The number of piperidine rings is 1. The summed E-state index contributed by atoms with van der Waals surface area (Å²) in [4.78, 5) is 19.8. The molecule has 0 saturated carbocycles. The molecule has 1 amide bonds. The lowest BCUT2D eigenvalue weighted by Crippen LogP contribution is -2.61. The van der Waals surface area contributed by atoms with Crippen LogP contribution in [-0.2, 0) is 14.8 Å². The predicted octanol–water partition coefficient (Wildman–Crippen LogP) is 3.10. The Hall–Kier alpha value is -1.99. The number of rotatable bonds is 4. The molecule has 6 nitrogen and oxygen atoms in total. The number of fused-ring (bicyclic) bond motifs is 1. The average molecular weight is 402 g/mol. The first-order valence-electron chi connectivity index (χ1n) is 10.1. The molecule has 2 aliphatic heterocycles. The maximum Gasteiger partial charge on any atom is 0.246 e. The summed E-state index contributed by atoms with van der Waals surface area (Å²) in [5, 5.41) is 0.803. The number of aromatic nitrogens is 1. The average Bonchev–Trinajstić information content (AvgIpc) is 3.10. The fourth-order valence-corrected chi connectivity index (χ4v) is 6.91. The van der Waals surface area contributed by atoms with Gasteiger partial charge in [0.2, 0.25) is 15.9 Å². The first-order chi connectivity index (χ1) is 13.4. The number of amides is 1. The van der Waals surface area contributed by atoms with E-state index in [2.05, 4.69) is 4.98 Å². The maximum atomic E-state index is 13.8. The number of carbonyl (C=O) groups excluding carboxylic acids is 1. The number of carbonyl (C=O) groups is 1. The fourth-order valence-electron chi connectivity index (χ4n) is 4.83. The standard InChI is InChI=1S/C21H27N3O3S/c1-3-11-23-12-5-8-21(20(23)25)9-6-13-24(21)28(26,27)18-15-16(2)14-17-7-4-10-22-19(17)18/h4,7,10,14-15H,3,5-6,8-9,11-13H2,1-2H3. The number of likely N-dealkylation sites (tertiary alicyclic amines) is 1. The third-order valence-electron chi connectivity index (χ3n) is 6.01. The predicted molar refractivity (Wildman–Crippen MR) is 108 cm³/mol. The lowest BCUT2D eigenvalue weighted by Gasteiger charge is -2.43. The molecular formula is C21H27N3O3S. The highest BCUT2D eigenvalue weighted by atomic mass is 32.2. The van der Waals surface area contributed by atoms with Crippen LogP contribution in [0.15, 0.2) is 35.4 Å². The van der Waals surface area contributed by atoms with Crippen LogP contribution < -0.4 is 0 Å². The van der Waals surface area contributed by atoms with Crippen LogP contribution in [0.4, 0.5) is 0 Å². The number of hydrogen-bond donors (Lipinski definition) is 0. The van der Waals surface area contributed by atoms with E-state index in [1.165, 1.54) is 4.31 Å². The second-order valence-corrected chi connectivity index (χ2v) is 9.78. The Morgan fingerprint density at radius 1 is 1.18 bits per heavy atom. The summed E-state index contributed by atoms with van der Waals surface area (Å²) in [5.74, 6) is -0.0217. The summed E-state index contributed by atoms with van der Waals surface area (Å²) in [6.07, 6.45) is 5.24. The second kappa shape index (κ2) is 7.12. The minimum atomic E-state index is -3.84. The van der Waals surface area contributed by atoms with Gasteiger partial charge in [0.1, 0.15) is 10.4 Å². The number of sulfonamides is 1. The minimum absolute atomic E-state index is 0.0217. The molecule has 1 unspecified atom stereocenters. The molecule has 2 saturated heterocycles. The molecule has 0 aliphatic carbocycles. The van der Waals surface area contributed by atoms with Crippen molar-refractivity contribution in [2.24, 2.45) is 0 Å². The van der Waals surface area contributed by atoms with E-state index >= 15 is 0 Å². The van der Waals surface area contributed by atoms with Crippen molar-refractivity contribution in [3.63, 3.8) is 0 Å². The molecular weight excluding hydrogens is 374 g/mol. The molecule has 4 rings (SSSR count). The minimum Gasteiger partial charge on any atom is -0.341 e. The highest BCUT2D eigenvalue weighted by molar-refractivity contribution is 7.89. The van der Waals surface area contributed by atoms with E-state index in [1.807, 2.05) is 36.9 Å². The molecule has 0 bridgehead atoms. The summed E-state index contributed by atoms with van der Waals surface area (Å²) in [5.41, 5.74) is 0.413. The zero-order chi connectivity index (χ0) is 19.9. The molecule has 150 valence electrons. The van der Waals surface area contributed by atoms with Crippen LogP contribution in [0.2, 0.25) is 0 Å². The van der Waals surface area contributed by atoms with E-state index < -0.39 is 15.6 Å². The molecule has 1 aromatic heterocycles. The molecule has 0 N–H and O–H groups in total. The van der Waals surface area contributed by atoms with Crippen LogP contribution in [-0.4, -0.2) is 53.7 Å². The lowest BCUT2D eigenvalue weighted by molar-refractivity contribution is -0.144. The van der Waals surface area contributed by atoms with Crippen LogP contribution in [0.1, 0.15) is 44.6 Å². The highest BCUT2D eigenvalue weighted by Gasteiger charge is 2.55. The highest BCUT2D eigenvalue weighted by Crippen LogP contribution is 2.42. The van der Waals surface area contributed by atoms with E-state index in [0.717, 1.165) is 30.3 Å². The summed E-state index contributed by atoms with van der Waals surface area (Å²) in [6, 6.07) is 7.31. The Balaban J connectivity index is 1.83. The number of pyridine rings is 1. The summed E-state index contributed by atoms with van der Waals surface area (Å²) >= 11 is 0. The quantitative estimate of drug-likeness (QED) is 0.789. The van der Waals surface area contributed by atoms with Gasteiger partial charge in [-0.3, -0.25) is 9.78 Å². The molecule has 3 heterocycles. The molecule has 2 aliphatic rings. The van der Waals surface area contributed by atoms with Crippen molar-refractivity contribution in [3.05, 3.63) is 36.0 Å². The van der Waals surface area contributed by atoms with Crippen LogP contribution in [0, 0.1) is 6.92 Å². The Morgan fingerprint density at radius 3 is 2.68 bits per heavy atom. The van der Waals surface area contributed by atoms with Gasteiger partial charge in [0.25, 0.3) is 0 Å². The van der Waals surface area contributed by atoms with Gasteiger partial charge in [-0.15, -0.1) is 0 Å². The number of nitrogens with zero attached hydrogens (tertiary/aromatic N) is 3. The molecule has 7 heteroatoms. The van der Waals surface area contributed by atoms with Crippen LogP contribution in [0.5, 0.6) is 0 Å². The number of hydrogen-bond acceptors (Lipinski definition) is 4. The van der Waals surface area contributed by atoms with Gasteiger partial charge in [-0.1, -0.05) is 13.0 Å². The number of benzene rings is 1. The Bertz CT molecular complexity index is 1020. The van der Waals surface area contributed by atoms with Gasteiger partial charge < -0.3 is 4.90 Å². The van der Waals surface area contributed by atoms with Crippen molar-refractivity contribution in [1.82, 2.24) is 14.2 Å². The fraction of sp³-hybridized carbons (Fsp3) is 0.524. The monoisotopic (exact) mass is 401 g/mol.